The Labute approximate surface area is 186 Å². The first-order valence-electron chi connectivity index (χ1n) is 9.77. The van der Waals surface area contributed by atoms with Crippen molar-refractivity contribution in [1.82, 2.24) is 9.88 Å². The highest BCUT2D eigenvalue weighted by molar-refractivity contribution is 8.13. The molecule has 0 aliphatic heterocycles. The lowest BCUT2D eigenvalue weighted by atomic mass is 10.0. The van der Waals surface area contributed by atoms with Gasteiger partial charge in [-0.15, -0.1) is 0 Å². The van der Waals surface area contributed by atoms with Crippen LogP contribution in [0.1, 0.15) is 27.0 Å². The maximum atomic E-state index is 12.9. The number of benzene rings is 2. The van der Waals surface area contributed by atoms with Crippen molar-refractivity contribution in [2.24, 2.45) is 0 Å². The molecule has 2 amide bonds. The highest BCUT2D eigenvalue weighted by atomic mass is 32.2. The number of hydrogen-bond donors (Lipinski definition) is 1. The smallest absolute Gasteiger partial charge is 0.286 e. The van der Waals surface area contributed by atoms with Crippen molar-refractivity contribution >= 4 is 28.6 Å². The highest BCUT2D eigenvalue weighted by Crippen LogP contribution is 2.30. The average molecular weight is 436 g/mol. The minimum atomic E-state index is -0.240. The van der Waals surface area contributed by atoms with Gasteiger partial charge in [-0.1, -0.05) is 18.2 Å². The number of nitrogens with zero attached hydrogens (tertiary/aromatic N) is 2. The standard InChI is InChI=1S/C24H25N3O3S/c1-16-12-19(13-17(2)22(16)30-15-18-8-7-11-25-14-18)23(28)26-20-9-5-6-10-21(20)31-24(29)27(3)4/h5-14H,15H2,1-4H3,(H,26,28). The third-order valence-electron chi connectivity index (χ3n) is 4.53. The number of rotatable bonds is 6. The van der Waals surface area contributed by atoms with E-state index < -0.39 is 0 Å². The topological polar surface area (TPSA) is 71.5 Å². The van der Waals surface area contributed by atoms with E-state index in [1.807, 2.05) is 56.3 Å². The largest absolute Gasteiger partial charge is 0.488 e. The van der Waals surface area contributed by atoms with Crippen LogP contribution < -0.4 is 10.1 Å². The van der Waals surface area contributed by atoms with Gasteiger partial charge in [0.05, 0.1) is 5.69 Å². The molecule has 1 N–H and O–H groups in total. The first kappa shape index (κ1) is 22.4. The molecule has 1 aromatic heterocycles. The molecule has 7 heteroatoms. The van der Waals surface area contributed by atoms with Crippen LogP contribution in [0.25, 0.3) is 0 Å². The van der Waals surface area contributed by atoms with E-state index >= 15 is 0 Å². The van der Waals surface area contributed by atoms with E-state index in [1.165, 1.54) is 4.90 Å². The van der Waals surface area contributed by atoms with Crippen LogP contribution in [-0.4, -0.2) is 35.1 Å². The second kappa shape index (κ2) is 10.1. The number of pyridine rings is 1. The summed E-state index contributed by atoms with van der Waals surface area (Å²) in [6.07, 6.45) is 3.49. The maximum Gasteiger partial charge on any atom is 0.286 e. The summed E-state index contributed by atoms with van der Waals surface area (Å²) in [4.78, 5) is 31.3. The zero-order valence-corrected chi connectivity index (χ0v) is 18.8. The van der Waals surface area contributed by atoms with Crippen LogP contribution in [0.15, 0.2) is 65.8 Å². The molecule has 0 aliphatic rings. The van der Waals surface area contributed by atoms with E-state index in [1.54, 1.807) is 32.6 Å². The van der Waals surface area contributed by atoms with Gasteiger partial charge in [-0.05, 0) is 67.1 Å². The Kier molecular flexibility index (Phi) is 7.31. The van der Waals surface area contributed by atoms with Gasteiger partial charge in [-0.25, -0.2) is 0 Å². The van der Waals surface area contributed by atoms with E-state index in [4.69, 9.17) is 4.74 Å². The summed E-state index contributed by atoms with van der Waals surface area (Å²) in [7, 11) is 3.39. The zero-order chi connectivity index (χ0) is 22.4. The Morgan fingerprint density at radius 3 is 2.42 bits per heavy atom. The molecular weight excluding hydrogens is 410 g/mol. The van der Waals surface area contributed by atoms with Gasteiger partial charge in [0.15, 0.2) is 0 Å². The van der Waals surface area contributed by atoms with Crippen LogP contribution in [0.2, 0.25) is 0 Å². The van der Waals surface area contributed by atoms with E-state index in [2.05, 4.69) is 10.3 Å². The molecule has 0 spiro atoms. The minimum absolute atomic E-state index is 0.108. The van der Waals surface area contributed by atoms with Crippen LogP contribution in [0, 0.1) is 13.8 Å². The molecule has 160 valence electrons. The van der Waals surface area contributed by atoms with E-state index in [0.29, 0.717) is 22.8 Å². The van der Waals surface area contributed by atoms with Crippen LogP contribution in [0.4, 0.5) is 10.5 Å². The number of nitrogens with one attached hydrogen (secondary N) is 1. The number of hydrogen-bond acceptors (Lipinski definition) is 5. The number of anilines is 1. The molecule has 1 heterocycles. The van der Waals surface area contributed by atoms with E-state index in [9.17, 15) is 9.59 Å². The summed E-state index contributed by atoms with van der Waals surface area (Å²) in [5.74, 6) is 0.517. The number of carbonyl (C=O) groups is 2. The second-order valence-corrected chi connectivity index (χ2v) is 8.29. The summed E-state index contributed by atoms with van der Waals surface area (Å²) < 4.78 is 5.97. The predicted molar refractivity (Wildman–Crippen MR) is 124 cm³/mol. The third-order valence-corrected chi connectivity index (χ3v) is 5.64. The second-order valence-electron chi connectivity index (χ2n) is 7.30. The van der Waals surface area contributed by atoms with Gasteiger partial charge in [-0.2, -0.15) is 0 Å². The van der Waals surface area contributed by atoms with Gasteiger partial charge in [0.2, 0.25) is 0 Å². The molecule has 6 nitrogen and oxygen atoms in total. The summed E-state index contributed by atoms with van der Waals surface area (Å²) in [5, 5.41) is 2.82. The Morgan fingerprint density at radius 2 is 1.77 bits per heavy atom. The lowest BCUT2D eigenvalue weighted by molar-refractivity contribution is 0.102. The van der Waals surface area contributed by atoms with E-state index in [-0.39, 0.29) is 11.1 Å². The van der Waals surface area contributed by atoms with E-state index in [0.717, 1.165) is 34.2 Å². The van der Waals surface area contributed by atoms with Gasteiger partial charge in [0.1, 0.15) is 12.4 Å². The molecular formula is C24H25N3O3S. The molecule has 0 saturated heterocycles. The van der Waals surface area contributed by atoms with Gasteiger partial charge >= 0.3 is 0 Å². The highest BCUT2D eigenvalue weighted by Gasteiger charge is 2.15. The molecule has 3 rings (SSSR count). The maximum absolute atomic E-state index is 12.9. The SMILES string of the molecule is Cc1cc(C(=O)Nc2ccccc2SC(=O)N(C)C)cc(C)c1OCc1cccnc1. The Bertz CT molecular complexity index is 1060. The van der Waals surface area contributed by atoms with Crippen molar-refractivity contribution in [3.63, 3.8) is 0 Å². The number of ether oxygens (including phenoxy) is 1. The molecule has 2 aromatic carbocycles. The first-order chi connectivity index (χ1) is 14.8. The number of thioether (sulfide) groups is 1. The number of para-hydroxylation sites is 1. The molecule has 0 bridgehead atoms. The third kappa shape index (κ3) is 5.86. The average Bonchev–Trinajstić information content (AvgIpc) is 2.75. The van der Waals surface area contributed by atoms with Crippen molar-refractivity contribution in [3.05, 3.63) is 83.2 Å². The summed E-state index contributed by atoms with van der Waals surface area (Å²) in [6, 6.07) is 14.7. The predicted octanol–water partition coefficient (Wildman–Crippen LogP) is 5.30. The summed E-state index contributed by atoms with van der Waals surface area (Å²) in [6.45, 7) is 4.25. The molecule has 3 aromatic rings. The van der Waals surface area contributed by atoms with Crippen molar-refractivity contribution in [2.75, 3.05) is 19.4 Å². The summed E-state index contributed by atoms with van der Waals surface area (Å²) in [5.41, 5.74) is 3.85. The van der Waals surface area contributed by atoms with Crippen molar-refractivity contribution in [1.29, 1.82) is 0 Å². The zero-order valence-electron chi connectivity index (χ0n) is 18.0. The molecule has 31 heavy (non-hydrogen) atoms. The molecule has 0 saturated carbocycles. The van der Waals surface area contributed by atoms with Crippen LogP contribution in [0.5, 0.6) is 5.75 Å². The first-order valence-corrected chi connectivity index (χ1v) is 10.6. The fraction of sp³-hybridized carbons (Fsp3) is 0.208. The van der Waals surface area contributed by atoms with Crippen LogP contribution >= 0.6 is 11.8 Å². The normalized spacial score (nSPS) is 10.5. The number of carbonyl (C=O) groups excluding carboxylic acids is 2. The number of aromatic nitrogens is 1. The minimum Gasteiger partial charge on any atom is -0.488 e. The molecule has 0 aliphatic carbocycles. The molecule has 0 radical (unpaired) electrons. The Balaban J connectivity index is 1.75. The quantitative estimate of drug-likeness (QED) is 0.532. The Hall–Kier alpha value is -3.32. The van der Waals surface area contributed by atoms with Crippen molar-refractivity contribution in [2.45, 2.75) is 25.3 Å². The number of amides is 2. The fourth-order valence-electron chi connectivity index (χ4n) is 2.99. The van der Waals surface area contributed by atoms with Crippen molar-refractivity contribution in [3.8, 4) is 5.75 Å². The fourth-order valence-corrected chi connectivity index (χ4v) is 3.73. The molecule has 0 unspecified atom stereocenters. The van der Waals surface area contributed by atoms with Gasteiger partial charge in [0.25, 0.3) is 11.1 Å². The Morgan fingerprint density at radius 1 is 1.06 bits per heavy atom. The number of aryl methyl sites for hydroxylation is 2. The summed E-state index contributed by atoms with van der Waals surface area (Å²) >= 11 is 1.08. The molecule has 0 atom stereocenters. The van der Waals surface area contributed by atoms with Gasteiger partial charge in [-0.3, -0.25) is 14.6 Å². The lowest BCUT2D eigenvalue weighted by Crippen LogP contribution is -2.17. The van der Waals surface area contributed by atoms with Crippen LogP contribution in [-0.2, 0) is 6.61 Å². The van der Waals surface area contributed by atoms with Crippen molar-refractivity contribution < 1.29 is 14.3 Å². The van der Waals surface area contributed by atoms with Crippen LogP contribution in [0.3, 0.4) is 0 Å². The van der Waals surface area contributed by atoms with Gasteiger partial charge in [0, 0.05) is 42.5 Å². The monoisotopic (exact) mass is 435 g/mol. The van der Waals surface area contributed by atoms with Gasteiger partial charge < -0.3 is 15.0 Å². The molecule has 0 fully saturated rings. The lowest BCUT2D eigenvalue weighted by Gasteiger charge is -2.15.